The number of likely N-dealkylation sites (tertiary alicyclic amines) is 1. The molecule has 4 nitrogen and oxygen atoms in total. The zero-order valence-corrected chi connectivity index (χ0v) is 14.5. The van der Waals surface area contributed by atoms with Crippen LogP contribution in [0.3, 0.4) is 0 Å². The minimum absolute atomic E-state index is 0.0163. The topological polar surface area (TPSA) is 37.6 Å². The van der Waals surface area contributed by atoms with Gasteiger partial charge in [-0.3, -0.25) is 9.20 Å². The monoisotopic (exact) mass is 357 g/mol. The van der Waals surface area contributed by atoms with Gasteiger partial charge in [0.15, 0.2) is 10.1 Å². The third-order valence-electron chi connectivity index (χ3n) is 4.36. The predicted octanol–water partition coefficient (Wildman–Crippen LogP) is 4.43. The van der Waals surface area contributed by atoms with Crippen LogP contribution in [-0.2, 0) is 4.79 Å². The second kappa shape index (κ2) is 6.42. The average Bonchev–Trinajstić information content (AvgIpc) is 3.30. The fraction of sp³-hybridized carbons (Fsp3) is 0.222. The van der Waals surface area contributed by atoms with Crippen LogP contribution < -0.4 is 0 Å². The summed E-state index contributed by atoms with van der Waals surface area (Å²) in [6, 6.07) is 10.4. The molecule has 0 saturated carbocycles. The van der Waals surface area contributed by atoms with E-state index in [2.05, 4.69) is 17.1 Å². The quantitative estimate of drug-likeness (QED) is 0.650. The Hall–Kier alpha value is -2.11. The molecule has 1 saturated heterocycles. The van der Waals surface area contributed by atoms with E-state index in [1.807, 2.05) is 39.1 Å². The van der Waals surface area contributed by atoms with E-state index >= 15 is 0 Å². The summed E-state index contributed by atoms with van der Waals surface area (Å²) in [6.45, 7) is 0.788. The first kappa shape index (κ1) is 15.4. The molecule has 1 aromatic carbocycles. The predicted molar refractivity (Wildman–Crippen MR) is 97.2 cm³/mol. The number of hydrogen-bond donors (Lipinski definition) is 0. The van der Waals surface area contributed by atoms with E-state index in [0.717, 1.165) is 30.0 Å². The van der Waals surface area contributed by atoms with Crippen molar-refractivity contribution < 1.29 is 4.79 Å². The maximum absolute atomic E-state index is 12.7. The number of rotatable bonds is 3. The molecule has 6 heteroatoms. The second-order valence-electron chi connectivity index (χ2n) is 5.78. The number of carbonyl (C=O) groups excluding carboxylic acids is 1. The van der Waals surface area contributed by atoms with E-state index < -0.39 is 0 Å². The highest BCUT2D eigenvalue weighted by atomic mass is 35.5. The smallest absolute Gasteiger partial charge is 0.247 e. The number of imidazole rings is 1. The Morgan fingerprint density at radius 2 is 2.17 bits per heavy atom. The van der Waals surface area contributed by atoms with Gasteiger partial charge in [0.1, 0.15) is 0 Å². The highest BCUT2D eigenvalue weighted by Gasteiger charge is 2.28. The second-order valence-corrected chi connectivity index (χ2v) is 7.01. The number of amides is 1. The van der Waals surface area contributed by atoms with E-state index in [4.69, 9.17) is 11.6 Å². The first-order chi connectivity index (χ1) is 11.7. The highest BCUT2D eigenvalue weighted by Crippen LogP contribution is 2.32. The molecular formula is C18H16ClN3OS. The Morgan fingerprint density at radius 1 is 1.33 bits per heavy atom. The Morgan fingerprint density at radius 3 is 3.00 bits per heavy atom. The summed E-state index contributed by atoms with van der Waals surface area (Å²) in [5.41, 5.74) is 1.94. The van der Waals surface area contributed by atoms with Crippen LogP contribution in [0.15, 0.2) is 48.0 Å². The number of carbonyl (C=O) groups is 1. The van der Waals surface area contributed by atoms with Gasteiger partial charge in [0.25, 0.3) is 0 Å². The van der Waals surface area contributed by atoms with Crippen molar-refractivity contribution in [2.45, 2.75) is 18.9 Å². The summed E-state index contributed by atoms with van der Waals surface area (Å²) < 4.78 is 1.90. The van der Waals surface area contributed by atoms with Crippen molar-refractivity contribution in [2.75, 3.05) is 6.54 Å². The lowest BCUT2D eigenvalue weighted by atomic mass is 10.0. The number of hydrogen-bond acceptors (Lipinski definition) is 3. The molecule has 122 valence electrons. The van der Waals surface area contributed by atoms with Crippen molar-refractivity contribution in [3.8, 4) is 0 Å². The van der Waals surface area contributed by atoms with Crippen LogP contribution in [-0.4, -0.2) is 26.7 Å². The van der Waals surface area contributed by atoms with Crippen LogP contribution in [0.2, 0.25) is 5.15 Å². The van der Waals surface area contributed by atoms with Crippen LogP contribution >= 0.6 is 22.9 Å². The average molecular weight is 358 g/mol. The van der Waals surface area contributed by atoms with Gasteiger partial charge in [0.05, 0.1) is 11.7 Å². The van der Waals surface area contributed by atoms with Gasteiger partial charge in [-0.15, -0.1) is 11.3 Å². The molecule has 0 spiro atoms. The van der Waals surface area contributed by atoms with Gasteiger partial charge in [-0.1, -0.05) is 41.9 Å². The Kier molecular flexibility index (Phi) is 4.12. The van der Waals surface area contributed by atoms with Gasteiger partial charge in [-0.25, -0.2) is 4.98 Å². The molecule has 1 aliphatic heterocycles. The minimum Gasteiger partial charge on any atom is -0.332 e. The van der Waals surface area contributed by atoms with E-state index in [1.54, 1.807) is 12.2 Å². The third-order valence-corrected chi connectivity index (χ3v) is 5.39. The van der Waals surface area contributed by atoms with Crippen LogP contribution in [0.5, 0.6) is 0 Å². The highest BCUT2D eigenvalue weighted by molar-refractivity contribution is 7.15. The van der Waals surface area contributed by atoms with Gasteiger partial charge in [0, 0.05) is 24.2 Å². The number of halogens is 1. The van der Waals surface area contributed by atoms with Crippen molar-refractivity contribution in [1.82, 2.24) is 14.3 Å². The van der Waals surface area contributed by atoms with Crippen molar-refractivity contribution in [1.29, 1.82) is 0 Å². The summed E-state index contributed by atoms with van der Waals surface area (Å²) in [7, 11) is 0. The number of fused-ring (bicyclic) bond motifs is 1. The first-order valence-electron chi connectivity index (χ1n) is 7.89. The molecule has 1 atom stereocenters. The summed E-state index contributed by atoms with van der Waals surface area (Å²) in [5.74, 6) is 0.0163. The normalized spacial score (nSPS) is 18.0. The standard InChI is InChI=1S/C18H16ClN3OS/c19-17-15(22-11-12-24-18(22)20-17)8-9-16(23)21-10-4-7-14(21)13-5-2-1-3-6-13/h1-3,5-6,8-9,11-12,14H,4,7,10H2/b9-8+. The van der Waals surface area contributed by atoms with Crippen molar-refractivity contribution in [3.05, 3.63) is 64.4 Å². The van der Waals surface area contributed by atoms with Crippen LogP contribution in [0.1, 0.15) is 30.1 Å². The lowest BCUT2D eigenvalue weighted by Gasteiger charge is -2.23. The molecule has 4 rings (SSSR count). The van der Waals surface area contributed by atoms with Crippen molar-refractivity contribution >= 4 is 39.9 Å². The van der Waals surface area contributed by atoms with Crippen LogP contribution in [0, 0.1) is 0 Å². The first-order valence-corrected chi connectivity index (χ1v) is 9.14. The van der Waals surface area contributed by atoms with Gasteiger partial charge < -0.3 is 4.90 Å². The van der Waals surface area contributed by atoms with Crippen LogP contribution in [0.25, 0.3) is 11.0 Å². The number of thiazole rings is 1. The van der Waals surface area contributed by atoms with E-state index in [9.17, 15) is 4.79 Å². The summed E-state index contributed by atoms with van der Waals surface area (Å²) >= 11 is 7.69. The molecule has 3 heterocycles. The molecule has 0 bridgehead atoms. The van der Waals surface area contributed by atoms with Crippen molar-refractivity contribution in [2.24, 2.45) is 0 Å². The minimum atomic E-state index is 0.0163. The number of aromatic nitrogens is 2. The van der Waals surface area contributed by atoms with Crippen molar-refractivity contribution in [3.63, 3.8) is 0 Å². The Balaban J connectivity index is 1.57. The number of nitrogens with zero attached hydrogens (tertiary/aromatic N) is 3. The lowest BCUT2D eigenvalue weighted by Crippen LogP contribution is -2.28. The molecule has 0 aliphatic carbocycles. The molecule has 1 aliphatic rings. The molecule has 0 radical (unpaired) electrons. The summed E-state index contributed by atoms with van der Waals surface area (Å²) in [5, 5.41) is 2.37. The molecule has 2 aromatic heterocycles. The zero-order valence-electron chi connectivity index (χ0n) is 12.9. The molecule has 1 amide bonds. The lowest BCUT2D eigenvalue weighted by molar-refractivity contribution is -0.126. The molecular weight excluding hydrogens is 342 g/mol. The molecule has 0 N–H and O–H groups in total. The molecule has 3 aromatic rings. The largest absolute Gasteiger partial charge is 0.332 e. The van der Waals surface area contributed by atoms with Gasteiger partial charge in [-0.2, -0.15) is 0 Å². The zero-order chi connectivity index (χ0) is 16.5. The third kappa shape index (κ3) is 2.74. The maximum atomic E-state index is 12.7. The van der Waals surface area contributed by atoms with Crippen LogP contribution in [0.4, 0.5) is 0 Å². The molecule has 24 heavy (non-hydrogen) atoms. The number of benzene rings is 1. The van der Waals surface area contributed by atoms with Gasteiger partial charge in [0.2, 0.25) is 5.91 Å². The van der Waals surface area contributed by atoms with Gasteiger partial charge >= 0.3 is 0 Å². The fourth-order valence-electron chi connectivity index (χ4n) is 3.22. The maximum Gasteiger partial charge on any atom is 0.247 e. The van der Waals surface area contributed by atoms with Gasteiger partial charge in [-0.05, 0) is 24.5 Å². The van der Waals surface area contributed by atoms with E-state index in [1.165, 1.54) is 16.9 Å². The Bertz CT molecular complexity index is 900. The van der Waals surface area contributed by atoms with E-state index in [0.29, 0.717) is 5.15 Å². The molecule has 1 fully saturated rings. The summed E-state index contributed by atoms with van der Waals surface area (Å²) in [6.07, 6.45) is 7.31. The Labute approximate surface area is 149 Å². The van der Waals surface area contributed by atoms with E-state index in [-0.39, 0.29) is 11.9 Å². The fourth-order valence-corrected chi connectivity index (χ4v) is 4.23. The summed E-state index contributed by atoms with van der Waals surface area (Å²) in [4.78, 5) is 19.7. The molecule has 1 unspecified atom stereocenters. The SMILES string of the molecule is O=C(/C=C/c1c(Cl)nc2sccn12)N1CCCC1c1ccccc1.